The maximum Gasteiger partial charge on any atom is 0.407 e. The molecule has 1 fully saturated rings. The Bertz CT molecular complexity index is 1060. The SMILES string of the molecule is CC(C)(C)OC(=O)NCC1(c2cccc(Cl)c2)CCC(NC(=O)c2ccccc2C(=O)O)CC1. The molecule has 7 nitrogen and oxygen atoms in total. The monoisotopic (exact) mass is 486 g/mol. The van der Waals surface area contributed by atoms with Crippen LogP contribution in [0.5, 0.6) is 0 Å². The molecule has 34 heavy (non-hydrogen) atoms. The third kappa shape index (κ3) is 6.50. The van der Waals surface area contributed by atoms with Gasteiger partial charge in [-0.3, -0.25) is 4.79 Å². The van der Waals surface area contributed by atoms with Crippen molar-refractivity contribution in [3.8, 4) is 0 Å². The average molecular weight is 487 g/mol. The minimum Gasteiger partial charge on any atom is -0.478 e. The summed E-state index contributed by atoms with van der Waals surface area (Å²) in [6, 6.07) is 13.7. The molecule has 2 aromatic rings. The lowest BCUT2D eigenvalue weighted by atomic mass is 9.68. The highest BCUT2D eigenvalue weighted by atomic mass is 35.5. The Hall–Kier alpha value is -3.06. The van der Waals surface area contributed by atoms with E-state index in [9.17, 15) is 19.5 Å². The van der Waals surface area contributed by atoms with Crippen LogP contribution >= 0.6 is 11.6 Å². The van der Waals surface area contributed by atoms with Crippen LogP contribution < -0.4 is 10.6 Å². The first-order valence-corrected chi connectivity index (χ1v) is 11.7. The van der Waals surface area contributed by atoms with Gasteiger partial charge in [-0.2, -0.15) is 0 Å². The number of carboxylic acids is 1. The van der Waals surface area contributed by atoms with Gasteiger partial charge >= 0.3 is 12.1 Å². The number of amides is 2. The van der Waals surface area contributed by atoms with Crippen LogP contribution in [0, 0.1) is 0 Å². The van der Waals surface area contributed by atoms with Gasteiger partial charge in [0.05, 0.1) is 11.1 Å². The minimum atomic E-state index is -1.14. The van der Waals surface area contributed by atoms with Crippen LogP contribution in [-0.2, 0) is 10.2 Å². The predicted octanol–water partition coefficient (Wildman–Crippen LogP) is 5.17. The number of halogens is 1. The molecule has 0 bridgehead atoms. The molecule has 1 aliphatic rings. The van der Waals surface area contributed by atoms with Crippen LogP contribution in [0.1, 0.15) is 72.7 Å². The normalized spacial score (nSPS) is 20.3. The molecule has 2 amide bonds. The van der Waals surface area contributed by atoms with Gasteiger partial charge in [0.2, 0.25) is 0 Å². The maximum atomic E-state index is 12.8. The van der Waals surface area contributed by atoms with Gasteiger partial charge in [0.1, 0.15) is 5.60 Å². The van der Waals surface area contributed by atoms with Gasteiger partial charge < -0.3 is 20.5 Å². The molecule has 0 radical (unpaired) electrons. The van der Waals surface area contributed by atoms with Gasteiger partial charge in [0.25, 0.3) is 5.91 Å². The van der Waals surface area contributed by atoms with E-state index in [1.807, 2.05) is 45.0 Å². The largest absolute Gasteiger partial charge is 0.478 e. The summed E-state index contributed by atoms with van der Waals surface area (Å²) in [6.07, 6.45) is 2.27. The number of rotatable bonds is 6. The van der Waals surface area contributed by atoms with Gasteiger partial charge in [0, 0.05) is 23.0 Å². The van der Waals surface area contributed by atoms with Gasteiger partial charge in [-0.25, -0.2) is 9.59 Å². The van der Waals surface area contributed by atoms with E-state index >= 15 is 0 Å². The lowest BCUT2D eigenvalue weighted by Crippen LogP contribution is -2.48. The van der Waals surface area contributed by atoms with Gasteiger partial charge in [-0.15, -0.1) is 0 Å². The van der Waals surface area contributed by atoms with Gasteiger partial charge in [-0.05, 0) is 76.3 Å². The molecular formula is C26H31ClN2O5. The van der Waals surface area contributed by atoms with Crippen LogP contribution in [-0.4, -0.2) is 41.3 Å². The standard InChI is InChI=1S/C26H31ClN2O5/c1-25(2,3)34-24(33)28-16-26(17-7-6-8-18(27)15-17)13-11-19(12-14-26)29-22(30)20-9-4-5-10-21(20)23(31)32/h4-10,15,19H,11-14,16H2,1-3H3,(H,28,33)(H,29,30)(H,31,32). The third-order valence-corrected chi connectivity index (χ3v) is 6.32. The molecule has 182 valence electrons. The molecular weight excluding hydrogens is 456 g/mol. The number of carboxylic acid groups (broad SMARTS) is 1. The van der Waals surface area contributed by atoms with Crippen molar-refractivity contribution in [2.24, 2.45) is 0 Å². The van der Waals surface area contributed by atoms with Gasteiger partial charge in [-0.1, -0.05) is 35.9 Å². The van der Waals surface area contributed by atoms with E-state index in [-0.39, 0.29) is 22.6 Å². The number of nitrogens with one attached hydrogen (secondary N) is 2. The molecule has 0 unspecified atom stereocenters. The van der Waals surface area contributed by atoms with E-state index in [1.165, 1.54) is 12.1 Å². The minimum absolute atomic E-state index is 0.0226. The number of aromatic carboxylic acids is 1. The zero-order chi connectivity index (χ0) is 24.9. The van der Waals surface area contributed by atoms with Crippen molar-refractivity contribution < 1.29 is 24.2 Å². The van der Waals surface area contributed by atoms with Crippen LogP contribution in [0.2, 0.25) is 5.02 Å². The van der Waals surface area contributed by atoms with E-state index in [0.717, 1.165) is 5.56 Å². The number of benzene rings is 2. The van der Waals surface area contributed by atoms with Crippen molar-refractivity contribution in [3.63, 3.8) is 0 Å². The summed E-state index contributed by atoms with van der Waals surface area (Å²) in [5, 5.41) is 15.9. The molecule has 0 saturated heterocycles. The summed E-state index contributed by atoms with van der Waals surface area (Å²) < 4.78 is 5.41. The second-order valence-electron chi connectivity index (χ2n) is 9.74. The Labute approximate surface area is 204 Å². The molecule has 2 aromatic carbocycles. The van der Waals surface area contributed by atoms with Crippen LogP contribution in [0.3, 0.4) is 0 Å². The second kappa shape index (κ2) is 10.5. The zero-order valence-electron chi connectivity index (χ0n) is 19.7. The lowest BCUT2D eigenvalue weighted by Gasteiger charge is -2.41. The highest BCUT2D eigenvalue weighted by Gasteiger charge is 2.38. The number of hydrogen-bond donors (Lipinski definition) is 3. The number of carbonyl (C=O) groups is 3. The van der Waals surface area contributed by atoms with Crippen LogP contribution in [0.25, 0.3) is 0 Å². The van der Waals surface area contributed by atoms with E-state index in [4.69, 9.17) is 16.3 Å². The number of carbonyl (C=O) groups excluding carboxylic acids is 2. The van der Waals surface area contributed by atoms with Crippen molar-refractivity contribution in [1.82, 2.24) is 10.6 Å². The van der Waals surface area contributed by atoms with Gasteiger partial charge in [0.15, 0.2) is 0 Å². The molecule has 1 aliphatic carbocycles. The van der Waals surface area contributed by atoms with E-state index < -0.39 is 23.6 Å². The fraction of sp³-hybridized carbons (Fsp3) is 0.423. The molecule has 1 saturated carbocycles. The Kier molecular flexibility index (Phi) is 7.87. The number of ether oxygens (including phenoxy) is 1. The summed E-state index contributed by atoms with van der Waals surface area (Å²) in [5.74, 6) is -1.53. The molecule has 0 atom stereocenters. The Morgan fingerprint density at radius 2 is 1.71 bits per heavy atom. The zero-order valence-corrected chi connectivity index (χ0v) is 20.4. The fourth-order valence-corrected chi connectivity index (χ4v) is 4.58. The molecule has 0 aromatic heterocycles. The van der Waals surface area contributed by atoms with Crippen LogP contribution in [0.4, 0.5) is 4.79 Å². The first-order valence-electron chi connectivity index (χ1n) is 11.4. The Morgan fingerprint density at radius 3 is 2.29 bits per heavy atom. The summed E-state index contributed by atoms with van der Waals surface area (Å²) >= 11 is 6.26. The molecule has 8 heteroatoms. The lowest BCUT2D eigenvalue weighted by molar-refractivity contribution is 0.0505. The molecule has 3 rings (SSSR count). The van der Waals surface area contributed by atoms with E-state index in [0.29, 0.717) is 37.3 Å². The average Bonchev–Trinajstić information content (AvgIpc) is 2.77. The van der Waals surface area contributed by atoms with Crippen molar-refractivity contribution >= 4 is 29.6 Å². The van der Waals surface area contributed by atoms with Crippen LogP contribution in [0.15, 0.2) is 48.5 Å². The summed E-state index contributed by atoms with van der Waals surface area (Å²) in [6.45, 7) is 5.83. The molecule has 0 aliphatic heterocycles. The first-order chi connectivity index (χ1) is 16.0. The van der Waals surface area contributed by atoms with Crippen molar-refractivity contribution in [1.29, 1.82) is 0 Å². The first kappa shape index (κ1) is 25.6. The highest BCUT2D eigenvalue weighted by Crippen LogP contribution is 2.40. The predicted molar refractivity (Wildman–Crippen MR) is 130 cm³/mol. The molecule has 0 heterocycles. The highest BCUT2D eigenvalue weighted by molar-refractivity contribution is 6.30. The molecule has 0 spiro atoms. The van der Waals surface area contributed by atoms with Crippen molar-refractivity contribution in [2.75, 3.05) is 6.54 Å². The maximum absolute atomic E-state index is 12.8. The Balaban J connectivity index is 1.72. The number of alkyl carbamates (subject to hydrolysis) is 1. The fourth-order valence-electron chi connectivity index (χ4n) is 4.39. The smallest absolute Gasteiger partial charge is 0.407 e. The van der Waals surface area contributed by atoms with Crippen molar-refractivity contribution in [3.05, 3.63) is 70.2 Å². The van der Waals surface area contributed by atoms with Crippen molar-refractivity contribution in [2.45, 2.75) is 63.5 Å². The van der Waals surface area contributed by atoms with E-state index in [1.54, 1.807) is 12.1 Å². The topological polar surface area (TPSA) is 105 Å². The molecule has 3 N–H and O–H groups in total. The Morgan fingerprint density at radius 1 is 1.06 bits per heavy atom. The number of hydrogen-bond acceptors (Lipinski definition) is 4. The summed E-state index contributed by atoms with van der Waals surface area (Å²) in [7, 11) is 0. The summed E-state index contributed by atoms with van der Waals surface area (Å²) in [5.41, 5.74) is 0.194. The second-order valence-corrected chi connectivity index (χ2v) is 10.2. The van der Waals surface area contributed by atoms with E-state index in [2.05, 4.69) is 10.6 Å². The third-order valence-electron chi connectivity index (χ3n) is 6.09. The quantitative estimate of drug-likeness (QED) is 0.522. The summed E-state index contributed by atoms with van der Waals surface area (Å²) in [4.78, 5) is 36.6.